The van der Waals surface area contributed by atoms with Crippen molar-refractivity contribution in [3.63, 3.8) is 0 Å². The molecule has 3 rings (SSSR count). The topological polar surface area (TPSA) is 97.1 Å². The molecule has 1 aliphatic heterocycles. The average Bonchev–Trinajstić information content (AvgIpc) is 3.19. The second kappa shape index (κ2) is 6.23. The summed E-state index contributed by atoms with van der Waals surface area (Å²) in [5, 5.41) is 8.29. The third kappa shape index (κ3) is 3.40. The van der Waals surface area contributed by atoms with Crippen LogP contribution >= 0.6 is 11.3 Å². The van der Waals surface area contributed by atoms with Gasteiger partial charge in [-0.3, -0.25) is 9.89 Å². The number of thiophene rings is 1. The van der Waals surface area contributed by atoms with Gasteiger partial charge in [0.25, 0.3) is 5.91 Å². The summed E-state index contributed by atoms with van der Waals surface area (Å²) < 4.78 is 5.63. The molecule has 1 fully saturated rings. The highest BCUT2D eigenvalue weighted by Gasteiger charge is 2.25. The van der Waals surface area contributed by atoms with Crippen molar-refractivity contribution in [2.24, 2.45) is 0 Å². The van der Waals surface area contributed by atoms with Crippen molar-refractivity contribution < 1.29 is 9.53 Å². The third-order valence-corrected chi connectivity index (χ3v) is 4.23. The molecule has 112 valence electrons. The molecular formula is C13H17N5O2S. The van der Waals surface area contributed by atoms with E-state index >= 15 is 0 Å². The van der Waals surface area contributed by atoms with E-state index in [1.165, 1.54) is 0 Å². The van der Waals surface area contributed by atoms with Crippen LogP contribution in [0.2, 0.25) is 0 Å². The van der Waals surface area contributed by atoms with Gasteiger partial charge in [-0.15, -0.1) is 16.4 Å². The molecule has 2 aromatic heterocycles. The zero-order valence-electron chi connectivity index (χ0n) is 11.5. The summed E-state index contributed by atoms with van der Waals surface area (Å²) in [6, 6.07) is 3.98. The van der Waals surface area contributed by atoms with Crippen LogP contribution in [0.5, 0.6) is 0 Å². The molecule has 0 saturated carbocycles. The Hall–Kier alpha value is -1.93. The van der Waals surface area contributed by atoms with Crippen LogP contribution in [0.1, 0.15) is 28.3 Å². The smallest absolute Gasteiger partial charge is 0.291 e. The zero-order valence-corrected chi connectivity index (χ0v) is 12.3. The highest BCUT2D eigenvalue weighted by molar-refractivity contribution is 7.09. The maximum absolute atomic E-state index is 12.6. The number of nitrogen functional groups attached to an aromatic ring is 1. The fourth-order valence-corrected chi connectivity index (χ4v) is 3.08. The first kappa shape index (κ1) is 14.0. The van der Waals surface area contributed by atoms with Crippen molar-refractivity contribution in [1.82, 2.24) is 20.1 Å². The molecule has 1 amide bonds. The van der Waals surface area contributed by atoms with Gasteiger partial charge in [0.15, 0.2) is 0 Å². The molecule has 0 spiro atoms. The Morgan fingerprint density at radius 1 is 1.62 bits per heavy atom. The maximum Gasteiger partial charge on any atom is 0.291 e. The number of nitrogens with two attached hydrogens (primary N) is 1. The number of nitrogens with one attached hydrogen (secondary N) is 1. The summed E-state index contributed by atoms with van der Waals surface area (Å²) in [5.74, 6) is 0.0386. The summed E-state index contributed by atoms with van der Waals surface area (Å²) in [6.07, 6.45) is 2.11. The molecule has 0 bridgehead atoms. The number of ether oxygens (including phenoxy) is 1. The van der Waals surface area contributed by atoms with Crippen LogP contribution < -0.4 is 5.73 Å². The summed E-state index contributed by atoms with van der Waals surface area (Å²) in [6.45, 7) is 1.86. The van der Waals surface area contributed by atoms with Gasteiger partial charge in [0, 0.05) is 18.0 Å². The van der Waals surface area contributed by atoms with Crippen LogP contribution in [0.15, 0.2) is 17.5 Å². The highest BCUT2D eigenvalue weighted by Crippen LogP contribution is 2.18. The Bertz CT molecular complexity index is 591. The zero-order chi connectivity index (χ0) is 14.7. The molecule has 7 nitrogen and oxygen atoms in total. The predicted octanol–water partition coefficient (Wildman–Crippen LogP) is 1.27. The van der Waals surface area contributed by atoms with Crippen molar-refractivity contribution >= 4 is 23.2 Å². The van der Waals surface area contributed by atoms with E-state index in [1.807, 2.05) is 17.5 Å². The van der Waals surface area contributed by atoms with Crippen LogP contribution in [0, 0.1) is 0 Å². The summed E-state index contributed by atoms with van der Waals surface area (Å²) in [5.41, 5.74) is 5.47. The van der Waals surface area contributed by atoms with E-state index in [1.54, 1.807) is 16.2 Å². The minimum atomic E-state index is -0.205. The standard InChI is InChI=1S/C13H17N5O2S/c14-13-15-11(16-17-13)12(19)18(7-9-3-1-5-20-9)8-10-4-2-6-21-10/h2,4,6,9H,1,3,5,7-8H2,(H3,14,15,16,17). The number of nitrogens with zero attached hydrogens (tertiary/aromatic N) is 3. The number of aromatic amines is 1. The largest absolute Gasteiger partial charge is 0.376 e. The Balaban J connectivity index is 1.75. The number of amides is 1. The van der Waals surface area contributed by atoms with Gasteiger partial charge in [-0.2, -0.15) is 4.98 Å². The van der Waals surface area contributed by atoms with E-state index in [0.29, 0.717) is 13.1 Å². The molecule has 1 aliphatic rings. The molecule has 1 atom stereocenters. The van der Waals surface area contributed by atoms with Crippen LogP contribution in [0.3, 0.4) is 0 Å². The van der Waals surface area contributed by atoms with Crippen molar-refractivity contribution in [3.05, 3.63) is 28.2 Å². The van der Waals surface area contributed by atoms with Crippen LogP contribution in [0.4, 0.5) is 5.95 Å². The van der Waals surface area contributed by atoms with Crippen LogP contribution in [-0.4, -0.2) is 45.2 Å². The van der Waals surface area contributed by atoms with Gasteiger partial charge in [0.1, 0.15) is 0 Å². The molecule has 8 heteroatoms. The Kier molecular flexibility index (Phi) is 4.16. The Morgan fingerprint density at radius 3 is 3.14 bits per heavy atom. The number of rotatable bonds is 5. The Morgan fingerprint density at radius 2 is 2.52 bits per heavy atom. The minimum absolute atomic E-state index is 0.0755. The van der Waals surface area contributed by atoms with Gasteiger partial charge in [-0.05, 0) is 24.3 Å². The first-order valence-corrected chi connectivity index (χ1v) is 7.71. The maximum atomic E-state index is 12.6. The lowest BCUT2D eigenvalue weighted by Crippen LogP contribution is -2.37. The predicted molar refractivity (Wildman–Crippen MR) is 78.8 cm³/mol. The van der Waals surface area contributed by atoms with Crippen LogP contribution in [0.25, 0.3) is 0 Å². The molecule has 3 N–H and O–H groups in total. The number of hydrogen-bond donors (Lipinski definition) is 2. The van der Waals surface area contributed by atoms with Gasteiger partial charge < -0.3 is 15.4 Å². The molecule has 3 heterocycles. The highest BCUT2D eigenvalue weighted by atomic mass is 32.1. The first-order chi connectivity index (χ1) is 10.2. The second-order valence-corrected chi connectivity index (χ2v) is 5.97. The molecular weight excluding hydrogens is 290 g/mol. The monoisotopic (exact) mass is 307 g/mol. The van der Waals surface area contributed by atoms with Gasteiger partial charge in [0.05, 0.1) is 12.6 Å². The number of aromatic nitrogens is 3. The van der Waals surface area contributed by atoms with E-state index in [2.05, 4.69) is 15.2 Å². The van der Waals surface area contributed by atoms with Gasteiger partial charge in [0.2, 0.25) is 11.8 Å². The third-order valence-electron chi connectivity index (χ3n) is 3.37. The van der Waals surface area contributed by atoms with Crippen molar-refractivity contribution in [3.8, 4) is 0 Å². The van der Waals surface area contributed by atoms with Gasteiger partial charge in [-0.1, -0.05) is 6.07 Å². The number of carbonyl (C=O) groups excluding carboxylic acids is 1. The molecule has 0 aromatic carbocycles. The van der Waals surface area contributed by atoms with Crippen molar-refractivity contribution in [2.45, 2.75) is 25.5 Å². The molecule has 0 aliphatic carbocycles. The van der Waals surface area contributed by atoms with E-state index in [0.717, 1.165) is 24.3 Å². The summed E-state index contributed by atoms with van der Waals surface area (Å²) in [4.78, 5) is 19.3. The molecule has 1 saturated heterocycles. The first-order valence-electron chi connectivity index (χ1n) is 6.83. The lowest BCUT2D eigenvalue weighted by molar-refractivity contribution is 0.0501. The van der Waals surface area contributed by atoms with Gasteiger partial charge >= 0.3 is 0 Å². The minimum Gasteiger partial charge on any atom is -0.376 e. The SMILES string of the molecule is Nc1n[nH]c(C(=O)N(Cc2cccs2)CC2CCCO2)n1. The summed E-state index contributed by atoms with van der Waals surface area (Å²) in [7, 11) is 0. The molecule has 2 aromatic rings. The van der Waals surface area contributed by atoms with Gasteiger partial charge in [-0.25, -0.2) is 0 Å². The lowest BCUT2D eigenvalue weighted by Gasteiger charge is -2.24. The second-order valence-electron chi connectivity index (χ2n) is 4.94. The van der Waals surface area contributed by atoms with E-state index in [9.17, 15) is 4.79 Å². The Labute approximate surface area is 126 Å². The molecule has 0 radical (unpaired) electrons. The number of hydrogen-bond acceptors (Lipinski definition) is 6. The summed E-state index contributed by atoms with van der Waals surface area (Å²) >= 11 is 1.62. The van der Waals surface area contributed by atoms with Crippen LogP contribution in [-0.2, 0) is 11.3 Å². The number of anilines is 1. The van der Waals surface area contributed by atoms with E-state index in [-0.39, 0.29) is 23.8 Å². The van der Waals surface area contributed by atoms with Crippen molar-refractivity contribution in [2.75, 3.05) is 18.9 Å². The fraction of sp³-hybridized carbons (Fsp3) is 0.462. The average molecular weight is 307 g/mol. The molecule has 21 heavy (non-hydrogen) atoms. The fourth-order valence-electron chi connectivity index (χ4n) is 2.36. The number of carbonyl (C=O) groups is 1. The van der Waals surface area contributed by atoms with E-state index < -0.39 is 0 Å². The molecule has 1 unspecified atom stereocenters. The van der Waals surface area contributed by atoms with E-state index in [4.69, 9.17) is 10.5 Å². The normalized spacial score (nSPS) is 18.0. The number of H-pyrrole nitrogens is 1. The van der Waals surface area contributed by atoms with Crippen molar-refractivity contribution in [1.29, 1.82) is 0 Å². The quantitative estimate of drug-likeness (QED) is 0.867. The lowest BCUT2D eigenvalue weighted by atomic mass is 10.2.